The van der Waals surface area contributed by atoms with Gasteiger partial charge < -0.3 is 14.8 Å². The van der Waals surface area contributed by atoms with Gasteiger partial charge in [-0.1, -0.05) is 23.7 Å². The van der Waals surface area contributed by atoms with Crippen molar-refractivity contribution in [2.24, 2.45) is 0 Å². The first-order valence-electron chi connectivity index (χ1n) is 7.38. The lowest BCUT2D eigenvalue weighted by Gasteiger charge is -2.13. The van der Waals surface area contributed by atoms with Gasteiger partial charge in [0.15, 0.2) is 5.82 Å². The Balaban J connectivity index is 1.99. The zero-order chi connectivity index (χ0) is 17.8. The molecule has 1 aromatic heterocycles. The van der Waals surface area contributed by atoms with E-state index in [1.165, 1.54) is 12.1 Å². The molecule has 0 unspecified atom stereocenters. The standard InChI is InChI=1S/C18H15ClFN3O2/c1-24-13-6-7-15(25-2)14(9-13)21-17-10-16(19)22-18(23-17)11-4-3-5-12(20)8-11/h3-10H,1-2H3,(H,21,22,23). The van der Waals surface area contributed by atoms with Crippen LogP contribution in [0.15, 0.2) is 48.5 Å². The highest BCUT2D eigenvalue weighted by atomic mass is 35.5. The predicted molar refractivity (Wildman–Crippen MR) is 95.3 cm³/mol. The summed E-state index contributed by atoms with van der Waals surface area (Å²) in [5.41, 5.74) is 1.19. The van der Waals surface area contributed by atoms with Gasteiger partial charge in [0, 0.05) is 17.7 Å². The lowest BCUT2D eigenvalue weighted by Crippen LogP contribution is -2.00. The molecule has 3 aromatic rings. The third-order valence-corrected chi connectivity index (χ3v) is 3.64. The molecule has 128 valence electrons. The zero-order valence-electron chi connectivity index (χ0n) is 13.6. The van der Waals surface area contributed by atoms with Crippen LogP contribution < -0.4 is 14.8 Å². The minimum absolute atomic E-state index is 0.235. The number of anilines is 2. The molecule has 0 saturated carbocycles. The Labute approximate surface area is 149 Å². The summed E-state index contributed by atoms with van der Waals surface area (Å²) in [5, 5.41) is 3.36. The van der Waals surface area contributed by atoms with E-state index in [-0.39, 0.29) is 11.0 Å². The van der Waals surface area contributed by atoms with Crippen LogP contribution in [0.1, 0.15) is 0 Å². The van der Waals surface area contributed by atoms with Crippen molar-refractivity contribution in [1.82, 2.24) is 9.97 Å². The average Bonchev–Trinajstić information content (AvgIpc) is 2.61. The van der Waals surface area contributed by atoms with E-state index in [1.807, 2.05) is 0 Å². The summed E-state index contributed by atoms with van der Waals surface area (Å²) in [5.74, 6) is 1.67. The van der Waals surface area contributed by atoms with Gasteiger partial charge >= 0.3 is 0 Å². The van der Waals surface area contributed by atoms with Crippen molar-refractivity contribution < 1.29 is 13.9 Å². The van der Waals surface area contributed by atoms with E-state index < -0.39 is 0 Å². The lowest BCUT2D eigenvalue weighted by atomic mass is 10.2. The highest BCUT2D eigenvalue weighted by Gasteiger charge is 2.10. The van der Waals surface area contributed by atoms with Crippen LogP contribution in [0.5, 0.6) is 11.5 Å². The van der Waals surface area contributed by atoms with Crippen molar-refractivity contribution in [3.63, 3.8) is 0 Å². The normalized spacial score (nSPS) is 10.4. The molecule has 1 heterocycles. The summed E-state index contributed by atoms with van der Waals surface area (Å²) in [4.78, 5) is 8.56. The summed E-state index contributed by atoms with van der Waals surface area (Å²) in [6.45, 7) is 0. The Morgan fingerprint density at radius 2 is 1.84 bits per heavy atom. The number of hydrogen-bond acceptors (Lipinski definition) is 5. The largest absolute Gasteiger partial charge is 0.497 e. The molecule has 0 amide bonds. The highest BCUT2D eigenvalue weighted by molar-refractivity contribution is 6.29. The van der Waals surface area contributed by atoms with Crippen molar-refractivity contribution in [1.29, 1.82) is 0 Å². The van der Waals surface area contributed by atoms with E-state index in [0.717, 1.165) is 0 Å². The Bertz CT molecular complexity index is 905. The Kier molecular flexibility index (Phi) is 5.00. The van der Waals surface area contributed by atoms with E-state index >= 15 is 0 Å². The summed E-state index contributed by atoms with van der Waals surface area (Å²) >= 11 is 6.10. The van der Waals surface area contributed by atoms with Crippen LogP contribution in [0.2, 0.25) is 5.15 Å². The smallest absolute Gasteiger partial charge is 0.163 e. The number of aromatic nitrogens is 2. The first-order valence-corrected chi connectivity index (χ1v) is 7.76. The molecule has 25 heavy (non-hydrogen) atoms. The molecular weight excluding hydrogens is 345 g/mol. The number of halogens is 2. The Morgan fingerprint density at radius 3 is 2.56 bits per heavy atom. The van der Waals surface area contributed by atoms with E-state index in [1.54, 1.807) is 50.6 Å². The van der Waals surface area contributed by atoms with Crippen LogP contribution in [0.25, 0.3) is 11.4 Å². The maximum atomic E-state index is 13.4. The fourth-order valence-corrected chi connectivity index (χ4v) is 2.47. The summed E-state index contributed by atoms with van der Waals surface area (Å²) in [7, 11) is 3.15. The number of nitrogens with one attached hydrogen (secondary N) is 1. The van der Waals surface area contributed by atoms with Gasteiger partial charge in [0.05, 0.1) is 19.9 Å². The van der Waals surface area contributed by atoms with E-state index in [9.17, 15) is 4.39 Å². The molecular formula is C18H15ClFN3O2. The van der Waals surface area contributed by atoms with E-state index in [0.29, 0.717) is 34.4 Å². The number of hydrogen-bond donors (Lipinski definition) is 1. The molecule has 0 spiro atoms. The molecule has 1 N–H and O–H groups in total. The number of ether oxygens (including phenoxy) is 2. The monoisotopic (exact) mass is 359 g/mol. The molecule has 0 aliphatic rings. The van der Waals surface area contributed by atoms with Gasteiger partial charge in [0.2, 0.25) is 0 Å². The van der Waals surface area contributed by atoms with Gasteiger partial charge in [0.1, 0.15) is 28.3 Å². The fourth-order valence-electron chi connectivity index (χ4n) is 2.29. The summed E-state index contributed by atoms with van der Waals surface area (Å²) < 4.78 is 24.0. The minimum atomic E-state index is -0.370. The Hall–Kier alpha value is -2.86. The third kappa shape index (κ3) is 3.97. The average molecular weight is 360 g/mol. The number of methoxy groups -OCH3 is 2. The first-order chi connectivity index (χ1) is 12.1. The molecule has 5 nitrogen and oxygen atoms in total. The van der Waals surface area contributed by atoms with Gasteiger partial charge in [-0.25, -0.2) is 14.4 Å². The quantitative estimate of drug-likeness (QED) is 0.669. The van der Waals surface area contributed by atoms with Crippen molar-refractivity contribution in [3.05, 3.63) is 59.5 Å². The molecule has 7 heteroatoms. The van der Waals surface area contributed by atoms with Gasteiger partial charge in [0.25, 0.3) is 0 Å². The SMILES string of the molecule is COc1ccc(OC)c(Nc2cc(Cl)nc(-c3cccc(F)c3)n2)c1. The van der Waals surface area contributed by atoms with Gasteiger partial charge in [-0.2, -0.15) is 0 Å². The van der Waals surface area contributed by atoms with E-state index in [4.69, 9.17) is 21.1 Å². The zero-order valence-corrected chi connectivity index (χ0v) is 14.3. The molecule has 0 aliphatic carbocycles. The summed E-state index contributed by atoms with van der Waals surface area (Å²) in [6.07, 6.45) is 0. The van der Waals surface area contributed by atoms with Gasteiger partial charge in [-0.3, -0.25) is 0 Å². The summed E-state index contributed by atoms with van der Waals surface area (Å²) in [6, 6.07) is 12.9. The maximum Gasteiger partial charge on any atom is 0.163 e. The van der Waals surface area contributed by atoms with Crippen LogP contribution in [-0.2, 0) is 0 Å². The molecule has 0 aliphatic heterocycles. The molecule has 0 atom stereocenters. The van der Waals surface area contributed by atoms with Crippen molar-refractivity contribution in [3.8, 4) is 22.9 Å². The van der Waals surface area contributed by atoms with Crippen LogP contribution in [0.4, 0.5) is 15.9 Å². The first kappa shape index (κ1) is 17.0. The molecule has 0 fully saturated rings. The second-order valence-corrected chi connectivity index (χ2v) is 5.49. The molecule has 2 aromatic carbocycles. The molecule has 0 radical (unpaired) electrons. The number of nitrogens with zero attached hydrogens (tertiary/aromatic N) is 2. The number of rotatable bonds is 5. The molecule has 0 saturated heterocycles. The maximum absolute atomic E-state index is 13.4. The Morgan fingerprint density at radius 1 is 1.00 bits per heavy atom. The molecule has 3 rings (SSSR count). The second kappa shape index (κ2) is 7.36. The predicted octanol–water partition coefficient (Wildman–Crippen LogP) is 4.70. The van der Waals surface area contributed by atoms with Crippen molar-refractivity contribution in [2.45, 2.75) is 0 Å². The highest BCUT2D eigenvalue weighted by Crippen LogP contribution is 2.32. The van der Waals surface area contributed by atoms with Crippen LogP contribution in [-0.4, -0.2) is 24.2 Å². The van der Waals surface area contributed by atoms with Crippen LogP contribution in [0, 0.1) is 5.82 Å². The minimum Gasteiger partial charge on any atom is -0.497 e. The van der Waals surface area contributed by atoms with Crippen LogP contribution in [0.3, 0.4) is 0 Å². The topological polar surface area (TPSA) is 56.3 Å². The van der Waals surface area contributed by atoms with Gasteiger partial charge in [-0.05, 0) is 24.3 Å². The van der Waals surface area contributed by atoms with Crippen molar-refractivity contribution in [2.75, 3.05) is 19.5 Å². The van der Waals surface area contributed by atoms with Gasteiger partial charge in [-0.15, -0.1) is 0 Å². The van der Waals surface area contributed by atoms with Crippen molar-refractivity contribution >= 4 is 23.1 Å². The fraction of sp³-hybridized carbons (Fsp3) is 0.111. The number of benzene rings is 2. The lowest BCUT2D eigenvalue weighted by molar-refractivity contribution is 0.405. The van der Waals surface area contributed by atoms with Crippen LogP contribution >= 0.6 is 11.6 Å². The second-order valence-electron chi connectivity index (χ2n) is 5.10. The molecule has 0 bridgehead atoms. The van der Waals surface area contributed by atoms with E-state index in [2.05, 4.69) is 15.3 Å². The third-order valence-electron chi connectivity index (χ3n) is 3.45.